The minimum Gasteiger partial charge on any atom is -0.497 e. The molecule has 1 amide bonds. The number of methoxy groups -OCH3 is 1. The maximum absolute atomic E-state index is 12.2. The zero-order valence-electron chi connectivity index (χ0n) is 16.0. The van der Waals surface area contributed by atoms with Crippen LogP contribution in [-0.2, 0) is 4.79 Å². The molecule has 0 unspecified atom stereocenters. The molecule has 0 saturated carbocycles. The van der Waals surface area contributed by atoms with Crippen molar-refractivity contribution in [3.05, 3.63) is 24.3 Å². The lowest BCUT2D eigenvalue weighted by molar-refractivity contribution is -0.127. The maximum atomic E-state index is 12.2. The van der Waals surface area contributed by atoms with Crippen molar-refractivity contribution in [1.82, 2.24) is 10.2 Å². The first-order chi connectivity index (χ1) is 12.0. The van der Waals surface area contributed by atoms with E-state index in [0.29, 0.717) is 12.3 Å². The number of ether oxygens (including phenoxy) is 2. The number of nitrogens with zero attached hydrogens (tertiary/aromatic N) is 1. The normalized spacial score (nSPS) is 22.2. The van der Waals surface area contributed by atoms with Crippen LogP contribution in [-0.4, -0.2) is 50.2 Å². The average Bonchev–Trinajstić information content (AvgIpc) is 2.57. The van der Waals surface area contributed by atoms with Crippen LogP contribution in [0.5, 0.6) is 11.5 Å². The topological polar surface area (TPSA) is 50.8 Å². The summed E-state index contributed by atoms with van der Waals surface area (Å²) in [4.78, 5) is 14.7. The molecule has 1 heterocycles. The van der Waals surface area contributed by atoms with Gasteiger partial charge in [0.1, 0.15) is 11.5 Å². The molecule has 1 aromatic carbocycles. The van der Waals surface area contributed by atoms with Gasteiger partial charge in [-0.15, -0.1) is 0 Å². The Morgan fingerprint density at radius 3 is 2.64 bits per heavy atom. The smallest absolute Gasteiger partial charge is 0.260 e. The van der Waals surface area contributed by atoms with Gasteiger partial charge in [0, 0.05) is 25.7 Å². The summed E-state index contributed by atoms with van der Waals surface area (Å²) >= 11 is 0. The first-order valence-corrected chi connectivity index (χ1v) is 9.28. The van der Waals surface area contributed by atoms with Crippen molar-refractivity contribution >= 4 is 5.91 Å². The lowest BCUT2D eigenvalue weighted by Crippen LogP contribution is -2.41. The number of carbonyl (C=O) groups excluding carboxylic acids is 1. The van der Waals surface area contributed by atoms with Gasteiger partial charge in [0.15, 0.2) is 6.10 Å². The van der Waals surface area contributed by atoms with Gasteiger partial charge in [-0.1, -0.05) is 19.9 Å². The van der Waals surface area contributed by atoms with Crippen molar-refractivity contribution < 1.29 is 14.3 Å². The molecule has 0 aromatic heterocycles. The van der Waals surface area contributed by atoms with Crippen LogP contribution in [0.4, 0.5) is 0 Å². The molecule has 0 spiro atoms. The fourth-order valence-electron chi connectivity index (χ4n) is 3.56. The highest BCUT2D eigenvalue weighted by molar-refractivity contribution is 5.80. The van der Waals surface area contributed by atoms with Gasteiger partial charge in [0.2, 0.25) is 0 Å². The standard InChI is InChI=1S/C20H32N2O3/c1-15-11-16(2)14-22(13-15)10-6-9-21-20(23)17(3)25-19-8-5-7-18(12-19)24-4/h5,7-8,12,15-17H,6,9-11,13-14H2,1-4H3,(H,21,23)/t15-,16-,17-/m1/s1. The van der Waals surface area contributed by atoms with E-state index in [0.717, 1.165) is 30.6 Å². The van der Waals surface area contributed by atoms with Gasteiger partial charge in [-0.2, -0.15) is 0 Å². The first kappa shape index (κ1) is 19.6. The van der Waals surface area contributed by atoms with Gasteiger partial charge in [-0.05, 0) is 50.3 Å². The minimum atomic E-state index is -0.526. The Hall–Kier alpha value is -1.75. The second kappa shape index (κ2) is 9.66. The predicted molar refractivity (Wildman–Crippen MR) is 100 cm³/mol. The monoisotopic (exact) mass is 348 g/mol. The highest BCUT2D eigenvalue weighted by Crippen LogP contribution is 2.21. The molecule has 1 saturated heterocycles. The summed E-state index contributed by atoms with van der Waals surface area (Å²) in [6.45, 7) is 10.5. The molecule has 0 radical (unpaired) electrons. The highest BCUT2D eigenvalue weighted by atomic mass is 16.5. The third-order valence-corrected chi connectivity index (χ3v) is 4.62. The second-order valence-electron chi connectivity index (χ2n) is 7.29. The SMILES string of the molecule is COc1cccc(O[C@H](C)C(=O)NCCCN2C[C@H](C)C[C@@H](C)C2)c1. The van der Waals surface area contributed by atoms with Gasteiger partial charge in [-0.25, -0.2) is 0 Å². The van der Waals surface area contributed by atoms with E-state index in [1.54, 1.807) is 20.1 Å². The minimum absolute atomic E-state index is 0.0804. The maximum Gasteiger partial charge on any atom is 0.260 e. The molecule has 1 aliphatic heterocycles. The molecule has 25 heavy (non-hydrogen) atoms. The Labute approximate surface area is 151 Å². The van der Waals surface area contributed by atoms with E-state index in [1.165, 1.54) is 19.5 Å². The Balaban J connectivity index is 1.67. The summed E-state index contributed by atoms with van der Waals surface area (Å²) in [5, 5.41) is 2.97. The Bertz CT molecular complexity index is 539. The van der Waals surface area contributed by atoms with Crippen LogP contribution in [0.25, 0.3) is 0 Å². The molecule has 3 atom stereocenters. The van der Waals surface area contributed by atoms with Crippen molar-refractivity contribution in [3.63, 3.8) is 0 Å². The first-order valence-electron chi connectivity index (χ1n) is 9.28. The zero-order chi connectivity index (χ0) is 18.2. The number of likely N-dealkylation sites (tertiary alicyclic amines) is 1. The molecule has 1 aromatic rings. The Morgan fingerprint density at radius 1 is 1.28 bits per heavy atom. The van der Waals surface area contributed by atoms with E-state index in [1.807, 2.05) is 18.2 Å². The van der Waals surface area contributed by atoms with Gasteiger partial charge in [0.05, 0.1) is 7.11 Å². The molecular weight excluding hydrogens is 316 g/mol. The van der Waals surface area contributed by atoms with Crippen molar-refractivity contribution in [1.29, 1.82) is 0 Å². The molecule has 5 heteroatoms. The average molecular weight is 348 g/mol. The number of amides is 1. The van der Waals surface area contributed by atoms with E-state index >= 15 is 0 Å². The van der Waals surface area contributed by atoms with Crippen molar-refractivity contribution in [2.45, 2.75) is 39.7 Å². The highest BCUT2D eigenvalue weighted by Gasteiger charge is 2.21. The van der Waals surface area contributed by atoms with Crippen molar-refractivity contribution in [3.8, 4) is 11.5 Å². The largest absolute Gasteiger partial charge is 0.497 e. The van der Waals surface area contributed by atoms with Crippen LogP contribution >= 0.6 is 0 Å². The van der Waals surface area contributed by atoms with Crippen LogP contribution in [0.15, 0.2) is 24.3 Å². The fraction of sp³-hybridized carbons (Fsp3) is 0.650. The van der Waals surface area contributed by atoms with Gasteiger partial charge >= 0.3 is 0 Å². The van der Waals surface area contributed by atoms with E-state index in [-0.39, 0.29) is 5.91 Å². The Kier molecular flexibility index (Phi) is 7.56. The number of piperidine rings is 1. The molecule has 1 N–H and O–H groups in total. The van der Waals surface area contributed by atoms with E-state index in [4.69, 9.17) is 9.47 Å². The lowest BCUT2D eigenvalue weighted by atomic mass is 9.92. The summed E-state index contributed by atoms with van der Waals surface area (Å²) in [5.74, 6) is 2.82. The van der Waals surface area contributed by atoms with Crippen LogP contribution in [0.1, 0.15) is 33.6 Å². The fourth-order valence-corrected chi connectivity index (χ4v) is 3.56. The van der Waals surface area contributed by atoms with E-state index in [2.05, 4.69) is 24.1 Å². The molecule has 2 rings (SSSR count). The second-order valence-corrected chi connectivity index (χ2v) is 7.29. The lowest BCUT2D eigenvalue weighted by Gasteiger charge is -2.34. The summed E-state index contributed by atoms with van der Waals surface area (Å²) in [6.07, 6.45) is 1.77. The van der Waals surface area contributed by atoms with Crippen molar-refractivity contribution in [2.24, 2.45) is 11.8 Å². The molecule has 1 fully saturated rings. The van der Waals surface area contributed by atoms with Crippen LogP contribution in [0.3, 0.4) is 0 Å². The number of nitrogens with one attached hydrogen (secondary N) is 1. The van der Waals surface area contributed by atoms with Gasteiger partial charge < -0.3 is 19.7 Å². The molecule has 140 valence electrons. The molecule has 5 nitrogen and oxygen atoms in total. The Morgan fingerprint density at radius 2 is 1.96 bits per heavy atom. The quantitative estimate of drug-likeness (QED) is 0.734. The summed E-state index contributed by atoms with van der Waals surface area (Å²) < 4.78 is 10.9. The predicted octanol–water partition coefficient (Wildman–Crippen LogP) is 2.95. The van der Waals surface area contributed by atoms with Crippen molar-refractivity contribution in [2.75, 3.05) is 33.3 Å². The summed E-state index contributed by atoms with van der Waals surface area (Å²) in [7, 11) is 1.61. The summed E-state index contributed by atoms with van der Waals surface area (Å²) in [5.41, 5.74) is 0. The summed E-state index contributed by atoms with van der Waals surface area (Å²) in [6, 6.07) is 7.30. The van der Waals surface area contributed by atoms with E-state index < -0.39 is 6.10 Å². The van der Waals surface area contributed by atoms with Crippen LogP contribution in [0, 0.1) is 11.8 Å². The molecular formula is C20H32N2O3. The number of hydrogen-bond donors (Lipinski definition) is 1. The molecule has 0 bridgehead atoms. The molecule has 0 aliphatic carbocycles. The van der Waals surface area contributed by atoms with Gasteiger partial charge in [-0.3, -0.25) is 4.79 Å². The van der Waals surface area contributed by atoms with Crippen LogP contribution in [0.2, 0.25) is 0 Å². The number of benzene rings is 1. The number of hydrogen-bond acceptors (Lipinski definition) is 4. The third kappa shape index (κ3) is 6.58. The third-order valence-electron chi connectivity index (χ3n) is 4.62. The number of carbonyl (C=O) groups is 1. The van der Waals surface area contributed by atoms with Crippen LogP contribution < -0.4 is 14.8 Å². The zero-order valence-corrected chi connectivity index (χ0v) is 16.0. The molecule has 1 aliphatic rings. The van der Waals surface area contributed by atoms with E-state index in [9.17, 15) is 4.79 Å². The number of rotatable bonds is 8. The van der Waals surface area contributed by atoms with Gasteiger partial charge in [0.25, 0.3) is 5.91 Å².